The van der Waals surface area contributed by atoms with E-state index in [2.05, 4.69) is 24.2 Å². The summed E-state index contributed by atoms with van der Waals surface area (Å²) in [7, 11) is 4.03. The number of aliphatic hydroxyl groups excluding tert-OH is 1. The third-order valence-corrected chi connectivity index (χ3v) is 3.29. The van der Waals surface area contributed by atoms with E-state index >= 15 is 0 Å². The maximum atomic E-state index is 9.25. The molecule has 0 bridgehead atoms. The van der Waals surface area contributed by atoms with Gasteiger partial charge in [-0.05, 0) is 47.3 Å². The molecule has 0 saturated heterocycles. The average molecular weight is 246 g/mol. The van der Waals surface area contributed by atoms with Crippen LogP contribution < -0.4 is 5.32 Å². The molecule has 104 valence electrons. The smallest absolute Gasteiger partial charge is 0.0610 e. The van der Waals surface area contributed by atoms with Crippen molar-refractivity contribution in [3.05, 3.63) is 0 Å². The normalized spacial score (nSPS) is 15.2. The van der Waals surface area contributed by atoms with Gasteiger partial charge < -0.3 is 20.1 Å². The van der Waals surface area contributed by atoms with Gasteiger partial charge in [0.2, 0.25) is 0 Å². The van der Waals surface area contributed by atoms with E-state index in [1.807, 2.05) is 14.0 Å². The maximum Gasteiger partial charge on any atom is 0.0610 e. The molecular formula is C13H30N2O2. The summed E-state index contributed by atoms with van der Waals surface area (Å²) in [4.78, 5) is 2.30. The molecule has 1 unspecified atom stereocenters. The molecule has 0 aliphatic rings. The Labute approximate surface area is 106 Å². The first kappa shape index (κ1) is 16.8. The van der Waals surface area contributed by atoms with Crippen molar-refractivity contribution in [1.82, 2.24) is 10.2 Å². The second-order valence-corrected chi connectivity index (χ2v) is 4.93. The first-order chi connectivity index (χ1) is 8.08. The van der Waals surface area contributed by atoms with Crippen LogP contribution in [0.5, 0.6) is 0 Å². The van der Waals surface area contributed by atoms with Gasteiger partial charge in [-0.25, -0.2) is 0 Å². The minimum Gasteiger partial charge on any atom is -0.394 e. The van der Waals surface area contributed by atoms with Crippen LogP contribution in [0.25, 0.3) is 0 Å². The molecular weight excluding hydrogens is 216 g/mol. The molecule has 0 fully saturated rings. The summed E-state index contributed by atoms with van der Waals surface area (Å²) in [5, 5.41) is 12.4. The number of hydrogen-bond acceptors (Lipinski definition) is 4. The predicted octanol–water partition coefficient (Wildman–Crippen LogP) is 1.10. The molecule has 4 nitrogen and oxygen atoms in total. The van der Waals surface area contributed by atoms with Crippen molar-refractivity contribution in [1.29, 1.82) is 0 Å². The van der Waals surface area contributed by atoms with Gasteiger partial charge in [0.05, 0.1) is 13.2 Å². The van der Waals surface area contributed by atoms with E-state index in [9.17, 15) is 5.11 Å². The molecule has 0 heterocycles. The van der Waals surface area contributed by atoms with Gasteiger partial charge in [0.1, 0.15) is 0 Å². The Bertz CT molecular complexity index is 173. The van der Waals surface area contributed by atoms with Gasteiger partial charge in [-0.15, -0.1) is 0 Å². The average Bonchev–Trinajstić information content (AvgIpc) is 2.35. The van der Waals surface area contributed by atoms with E-state index in [1.165, 1.54) is 6.42 Å². The highest BCUT2D eigenvalue weighted by molar-refractivity contribution is 4.80. The van der Waals surface area contributed by atoms with Crippen molar-refractivity contribution in [2.24, 2.45) is 0 Å². The lowest BCUT2D eigenvalue weighted by molar-refractivity contribution is 0.120. The number of unbranched alkanes of at least 4 members (excludes halogenated alkanes) is 1. The molecule has 0 spiro atoms. The van der Waals surface area contributed by atoms with Crippen LogP contribution in [0.1, 0.15) is 33.1 Å². The lowest BCUT2D eigenvalue weighted by Crippen LogP contribution is -2.43. The van der Waals surface area contributed by atoms with Crippen molar-refractivity contribution < 1.29 is 9.84 Å². The SMILES string of the molecule is CCOCCN(C)CCCCC(C)(CO)NC. The predicted molar refractivity (Wildman–Crippen MR) is 72.4 cm³/mol. The zero-order valence-corrected chi connectivity index (χ0v) is 12.0. The fraction of sp³-hybridized carbons (Fsp3) is 1.00. The fourth-order valence-electron chi connectivity index (χ4n) is 1.66. The van der Waals surface area contributed by atoms with Crippen LogP contribution >= 0.6 is 0 Å². The van der Waals surface area contributed by atoms with Crippen molar-refractivity contribution in [2.75, 3.05) is 47.0 Å². The highest BCUT2D eigenvalue weighted by atomic mass is 16.5. The molecule has 0 aromatic heterocycles. The summed E-state index contributed by atoms with van der Waals surface area (Å²) >= 11 is 0. The van der Waals surface area contributed by atoms with Gasteiger partial charge in [0, 0.05) is 18.7 Å². The van der Waals surface area contributed by atoms with E-state index in [4.69, 9.17) is 4.74 Å². The molecule has 0 rings (SSSR count). The van der Waals surface area contributed by atoms with E-state index in [0.29, 0.717) is 0 Å². The summed E-state index contributed by atoms with van der Waals surface area (Å²) in [6, 6.07) is 0. The monoisotopic (exact) mass is 246 g/mol. The second kappa shape index (κ2) is 9.83. The number of nitrogens with one attached hydrogen (secondary N) is 1. The largest absolute Gasteiger partial charge is 0.394 e. The zero-order chi connectivity index (χ0) is 13.1. The Balaban J connectivity index is 3.50. The van der Waals surface area contributed by atoms with Gasteiger partial charge in [-0.2, -0.15) is 0 Å². The Morgan fingerprint density at radius 1 is 1.29 bits per heavy atom. The summed E-state index contributed by atoms with van der Waals surface area (Å²) in [5.41, 5.74) is -0.121. The topological polar surface area (TPSA) is 44.7 Å². The standard InChI is InChI=1S/C13H30N2O2/c1-5-17-11-10-15(4)9-7-6-8-13(2,12-16)14-3/h14,16H,5-12H2,1-4H3. The van der Waals surface area contributed by atoms with Crippen LogP contribution in [0.15, 0.2) is 0 Å². The highest BCUT2D eigenvalue weighted by Crippen LogP contribution is 2.12. The van der Waals surface area contributed by atoms with Crippen molar-refractivity contribution in [3.8, 4) is 0 Å². The summed E-state index contributed by atoms with van der Waals surface area (Å²) in [6.07, 6.45) is 3.32. The Kier molecular flexibility index (Phi) is 9.74. The van der Waals surface area contributed by atoms with E-state index in [-0.39, 0.29) is 12.1 Å². The number of ether oxygens (including phenoxy) is 1. The van der Waals surface area contributed by atoms with Crippen molar-refractivity contribution >= 4 is 0 Å². The van der Waals surface area contributed by atoms with Gasteiger partial charge in [0.25, 0.3) is 0 Å². The zero-order valence-electron chi connectivity index (χ0n) is 12.0. The minimum atomic E-state index is -0.121. The van der Waals surface area contributed by atoms with Crippen LogP contribution in [0, 0.1) is 0 Å². The van der Waals surface area contributed by atoms with Gasteiger partial charge >= 0.3 is 0 Å². The molecule has 0 aliphatic heterocycles. The molecule has 17 heavy (non-hydrogen) atoms. The van der Waals surface area contributed by atoms with Gasteiger partial charge in [-0.1, -0.05) is 6.42 Å². The molecule has 0 amide bonds. The Morgan fingerprint density at radius 3 is 2.53 bits per heavy atom. The molecule has 0 radical (unpaired) electrons. The van der Waals surface area contributed by atoms with Crippen LogP contribution in [-0.2, 0) is 4.74 Å². The third-order valence-electron chi connectivity index (χ3n) is 3.29. The molecule has 0 aliphatic carbocycles. The lowest BCUT2D eigenvalue weighted by Gasteiger charge is -2.27. The number of likely N-dealkylation sites (N-methyl/N-ethyl adjacent to an activating group) is 2. The van der Waals surface area contributed by atoms with Crippen LogP contribution in [-0.4, -0.2) is 62.6 Å². The maximum absolute atomic E-state index is 9.25. The quantitative estimate of drug-likeness (QED) is 0.536. The van der Waals surface area contributed by atoms with Crippen LogP contribution in [0.4, 0.5) is 0 Å². The van der Waals surface area contributed by atoms with E-state index < -0.39 is 0 Å². The Morgan fingerprint density at radius 2 is 2.00 bits per heavy atom. The first-order valence-corrected chi connectivity index (χ1v) is 6.64. The van der Waals surface area contributed by atoms with Gasteiger partial charge in [-0.3, -0.25) is 0 Å². The first-order valence-electron chi connectivity index (χ1n) is 6.64. The number of hydrogen-bond donors (Lipinski definition) is 2. The number of rotatable bonds is 11. The van der Waals surface area contributed by atoms with Crippen LogP contribution in [0.2, 0.25) is 0 Å². The molecule has 2 N–H and O–H groups in total. The third kappa shape index (κ3) is 8.55. The number of nitrogens with zero attached hydrogens (tertiary/aromatic N) is 1. The molecule has 1 atom stereocenters. The summed E-state index contributed by atoms with van der Waals surface area (Å²) < 4.78 is 5.31. The summed E-state index contributed by atoms with van der Waals surface area (Å²) in [6.45, 7) is 7.99. The summed E-state index contributed by atoms with van der Waals surface area (Å²) in [5.74, 6) is 0. The second-order valence-electron chi connectivity index (χ2n) is 4.93. The van der Waals surface area contributed by atoms with Crippen molar-refractivity contribution in [3.63, 3.8) is 0 Å². The lowest BCUT2D eigenvalue weighted by atomic mass is 9.96. The van der Waals surface area contributed by atoms with E-state index in [1.54, 1.807) is 0 Å². The van der Waals surface area contributed by atoms with Crippen molar-refractivity contribution in [2.45, 2.75) is 38.6 Å². The molecule has 0 aromatic carbocycles. The molecule has 0 saturated carbocycles. The minimum absolute atomic E-state index is 0.121. The Hall–Kier alpha value is -0.160. The van der Waals surface area contributed by atoms with Gasteiger partial charge in [0.15, 0.2) is 0 Å². The fourth-order valence-corrected chi connectivity index (χ4v) is 1.66. The van der Waals surface area contributed by atoms with E-state index in [0.717, 1.165) is 39.1 Å². The molecule has 4 heteroatoms. The highest BCUT2D eigenvalue weighted by Gasteiger charge is 2.19. The van der Waals surface area contributed by atoms with Crippen LogP contribution in [0.3, 0.4) is 0 Å². The number of aliphatic hydroxyl groups is 1. The molecule has 0 aromatic rings.